The first kappa shape index (κ1) is 32.9. The molecule has 1 amide bonds. The number of aryl methyl sites for hydroxylation is 1. The second kappa shape index (κ2) is 12.4. The lowest BCUT2D eigenvalue weighted by molar-refractivity contribution is -0.106. The molecule has 2 N–H and O–H groups in total. The lowest BCUT2D eigenvalue weighted by Gasteiger charge is -2.26. The first-order valence-corrected chi connectivity index (χ1v) is 19.0. The van der Waals surface area contributed by atoms with Crippen molar-refractivity contribution in [3.05, 3.63) is 84.9 Å². The van der Waals surface area contributed by atoms with E-state index in [9.17, 15) is 28.5 Å². The highest BCUT2D eigenvalue weighted by atomic mass is 31.2. The van der Waals surface area contributed by atoms with Gasteiger partial charge < -0.3 is 23.4 Å². The molecule has 13 heteroatoms. The number of fused-ring (bicyclic) bond motifs is 2. The molecule has 0 saturated carbocycles. The molecular weight excluding hydrogens is 664 g/mol. The van der Waals surface area contributed by atoms with Gasteiger partial charge in [-0.1, -0.05) is 48.5 Å². The van der Waals surface area contributed by atoms with Crippen molar-refractivity contribution in [2.75, 3.05) is 18.1 Å². The highest BCUT2D eigenvalue weighted by Gasteiger charge is 2.32. The van der Waals surface area contributed by atoms with Crippen molar-refractivity contribution in [3.8, 4) is 0 Å². The Hall–Kier alpha value is -4.60. The summed E-state index contributed by atoms with van der Waals surface area (Å²) in [5.74, 6) is 0. The Morgan fingerprint density at radius 3 is 2.04 bits per heavy atom. The summed E-state index contributed by atoms with van der Waals surface area (Å²) in [5.41, 5.74) is 2.07. The zero-order valence-corrected chi connectivity index (χ0v) is 28.7. The minimum Gasteiger partial charge on any atom is -0.339 e. The molecule has 8 bridgehead atoms. The summed E-state index contributed by atoms with van der Waals surface area (Å²) in [6.45, 7) is 5.98. The number of hydrogen-bond acceptors (Lipinski definition) is 6. The summed E-state index contributed by atoms with van der Waals surface area (Å²) in [5, 5.41) is 4.40. The zero-order valence-electron chi connectivity index (χ0n) is 26.9. The van der Waals surface area contributed by atoms with Crippen LogP contribution in [0.5, 0.6) is 0 Å². The predicted molar refractivity (Wildman–Crippen MR) is 195 cm³/mol. The molecule has 5 aromatic carbocycles. The lowest BCUT2D eigenvalue weighted by atomic mass is 9.98. The van der Waals surface area contributed by atoms with Crippen LogP contribution in [0.4, 0.5) is 11.4 Å². The van der Waals surface area contributed by atoms with Gasteiger partial charge in [-0.2, -0.15) is 0 Å². The van der Waals surface area contributed by atoms with Crippen LogP contribution < -0.4 is 15.5 Å². The number of carbonyl (C=O) groups excluding carboxylic acids is 2. The molecule has 0 saturated heterocycles. The van der Waals surface area contributed by atoms with Gasteiger partial charge in [0.2, 0.25) is 12.8 Å². The van der Waals surface area contributed by atoms with Gasteiger partial charge in [0.1, 0.15) is 0 Å². The van der Waals surface area contributed by atoms with E-state index in [1.54, 1.807) is 38.1 Å². The van der Waals surface area contributed by atoms with E-state index >= 15 is 0 Å². The molecule has 11 nitrogen and oxygen atoms in total. The molecule has 0 unspecified atom stereocenters. The van der Waals surface area contributed by atoms with E-state index in [0.717, 1.165) is 27.1 Å². The topological polar surface area (TPSA) is 140 Å². The quantitative estimate of drug-likeness (QED) is 0.108. The number of anilines is 2. The number of carbonyl (C=O) groups is 2. The van der Waals surface area contributed by atoms with Crippen LogP contribution in [0.2, 0.25) is 0 Å². The molecule has 8 rings (SSSR count). The van der Waals surface area contributed by atoms with Gasteiger partial charge in [0.25, 0.3) is 0 Å². The third-order valence-corrected chi connectivity index (χ3v) is 12.0. The number of benzene rings is 4. The van der Waals surface area contributed by atoms with E-state index in [4.69, 9.17) is 9.05 Å². The number of rotatable bonds is 11. The molecule has 0 aliphatic rings. The summed E-state index contributed by atoms with van der Waals surface area (Å²) in [6.07, 6.45) is 1.08. The molecule has 0 aliphatic heterocycles. The standard InChI is InChI=1S/C36H33N3O8P2/c1-4-37-28-17-13-23-12-16-26-25-15-11-24-14-18-32(49(45,46-5-2)47-6-3)30(20-24)39(22-41)36(35(37)33(25)27(28)19-23)34(26)38(21-40)29-9-7-8-10-31(29)48(42,43)44/h7-22H,4-6H2,1-3H3,(H2,42,43,44). The van der Waals surface area contributed by atoms with E-state index in [-0.39, 0.29) is 46.2 Å². The number of para-hydroxylation sites is 1. The van der Waals surface area contributed by atoms with E-state index in [2.05, 4.69) is 6.07 Å². The highest BCUT2D eigenvalue weighted by Crippen LogP contribution is 2.50. The molecule has 3 heterocycles. The van der Waals surface area contributed by atoms with Crippen molar-refractivity contribution < 1.29 is 37.6 Å². The first-order chi connectivity index (χ1) is 23.6. The van der Waals surface area contributed by atoms with Gasteiger partial charge in [-0.25, -0.2) is 0 Å². The maximum Gasteiger partial charge on any atom is 0.363 e. The van der Waals surface area contributed by atoms with Gasteiger partial charge in [-0.3, -0.25) is 28.2 Å². The van der Waals surface area contributed by atoms with Crippen LogP contribution in [-0.2, 0) is 34.3 Å². The minimum absolute atomic E-state index is 0.0573. The zero-order chi connectivity index (χ0) is 34.7. The van der Waals surface area contributed by atoms with Crippen molar-refractivity contribution >= 4 is 104 Å². The normalized spacial score (nSPS) is 12.5. The van der Waals surface area contributed by atoms with E-state index in [1.807, 2.05) is 47.9 Å². The Balaban J connectivity index is 1.86. The molecule has 0 aliphatic carbocycles. The number of aromatic nitrogens is 2. The Labute approximate surface area is 280 Å². The van der Waals surface area contributed by atoms with Gasteiger partial charge in [0.15, 0.2) is 0 Å². The minimum atomic E-state index is -4.90. The summed E-state index contributed by atoms with van der Waals surface area (Å²) >= 11 is 0. The predicted octanol–water partition coefficient (Wildman–Crippen LogP) is 7.10. The molecule has 0 atom stereocenters. The van der Waals surface area contributed by atoms with Crippen LogP contribution >= 0.6 is 15.2 Å². The average molecular weight is 698 g/mol. The maximum atomic E-state index is 14.4. The van der Waals surface area contributed by atoms with Crippen LogP contribution in [0.3, 0.4) is 0 Å². The average Bonchev–Trinajstić information content (AvgIpc) is 3.38. The Kier molecular flexibility index (Phi) is 8.32. The fourth-order valence-electron chi connectivity index (χ4n) is 6.96. The second-order valence-corrected chi connectivity index (χ2v) is 15.1. The Morgan fingerprint density at radius 1 is 0.735 bits per heavy atom. The molecule has 49 heavy (non-hydrogen) atoms. The summed E-state index contributed by atoms with van der Waals surface area (Å²) < 4.78 is 42.2. The third-order valence-electron chi connectivity index (χ3n) is 8.85. The molecule has 250 valence electrons. The molecule has 0 spiro atoms. The van der Waals surface area contributed by atoms with Crippen LogP contribution in [0, 0.1) is 0 Å². The van der Waals surface area contributed by atoms with Crippen LogP contribution in [0.25, 0.3) is 54.4 Å². The van der Waals surface area contributed by atoms with Crippen molar-refractivity contribution in [2.45, 2.75) is 27.3 Å². The fraction of sp³-hybridized carbons (Fsp3) is 0.167. The van der Waals surface area contributed by atoms with Crippen LogP contribution in [0.15, 0.2) is 84.9 Å². The molecular formula is C36H33N3O8P2. The third kappa shape index (κ3) is 5.13. The fourth-order valence-corrected chi connectivity index (χ4v) is 9.46. The number of nitrogens with zero attached hydrogens (tertiary/aromatic N) is 3. The van der Waals surface area contributed by atoms with E-state index in [1.165, 1.54) is 27.7 Å². The van der Waals surface area contributed by atoms with Gasteiger partial charge in [-0.15, -0.1) is 0 Å². The summed E-state index contributed by atoms with van der Waals surface area (Å²) in [6, 6.07) is 24.5. The maximum absolute atomic E-state index is 14.4. The molecule has 3 aromatic heterocycles. The summed E-state index contributed by atoms with van der Waals surface area (Å²) in [4.78, 5) is 49.1. The molecule has 0 fully saturated rings. The van der Waals surface area contributed by atoms with Crippen molar-refractivity contribution in [2.24, 2.45) is 0 Å². The lowest BCUT2D eigenvalue weighted by Crippen LogP contribution is -2.24. The Morgan fingerprint density at radius 2 is 1.39 bits per heavy atom. The highest BCUT2D eigenvalue weighted by molar-refractivity contribution is 7.62. The number of hydrogen-bond donors (Lipinski definition) is 2. The number of amides is 1. The van der Waals surface area contributed by atoms with Gasteiger partial charge >= 0.3 is 15.2 Å². The van der Waals surface area contributed by atoms with Crippen molar-refractivity contribution in [3.63, 3.8) is 0 Å². The SMILES string of the molecule is CCOP(=O)(OCC)c1ccc2ccc3c4ccc5ccc6c(c5)c3c(c(c4N(C=O)c3ccccc3P(=O)(O)O)n(C=O)c1c2)n6CC. The van der Waals surface area contributed by atoms with E-state index < -0.39 is 15.2 Å². The van der Waals surface area contributed by atoms with Gasteiger partial charge in [0.05, 0.1) is 51.7 Å². The summed E-state index contributed by atoms with van der Waals surface area (Å²) in [7, 11) is -8.89. The van der Waals surface area contributed by atoms with E-state index in [0.29, 0.717) is 35.7 Å². The van der Waals surface area contributed by atoms with Crippen LogP contribution in [-0.4, -0.2) is 45.0 Å². The van der Waals surface area contributed by atoms with Crippen LogP contribution in [0.1, 0.15) is 20.8 Å². The largest absolute Gasteiger partial charge is 0.363 e. The van der Waals surface area contributed by atoms with Gasteiger partial charge in [0, 0.05) is 28.2 Å². The smallest absolute Gasteiger partial charge is 0.339 e. The molecule has 8 aromatic rings. The van der Waals surface area contributed by atoms with Crippen molar-refractivity contribution in [1.82, 2.24) is 9.13 Å². The molecule has 0 radical (unpaired) electrons. The van der Waals surface area contributed by atoms with Gasteiger partial charge in [-0.05, 0) is 73.3 Å². The Bertz CT molecular complexity index is 2560. The first-order valence-electron chi connectivity index (χ1n) is 15.8. The van der Waals surface area contributed by atoms with Crippen molar-refractivity contribution in [1.29, 1.82) is 0 Å². The second-order valence-electron chi connectivity index (χ2n) is 11.5. The monoisotopic (exact) mass is 697 g/mol.